The van der Waals surface area contributed by atoms with Crippen molar-refractivity contribution in [2.45, 2.75) is 25.8 Å². The van der Waals surface area contributed by atoms with Crippen LogP contribution in [-0.4, -0.2) is 53.9 Å². The summed E-state index contributed by atoms with van der Waals surface area (Å²) < 4.78 is 23.1. The van der Waals surface area contributed by atoms with E-state index in [9.17, 15) is 13.2 Å². The van der Waals surface area contributed by atoms with Gasteiger partial charge in [0.25, 0.3) is 0 Å². The Morgan fingerprint density at radius 3 is 2.65 bits per heavy atom. The maximum atomic E-state index is 12.5. The molecule has 1 aliphatic rings. The molecule has 0 atom stereocenters. The zero-order valence-electron chi connectivity index (χ0n) is 14.8. The Morgan fingerprint density at radius 1 is 1.23 bits per heavy atom. The number of aryl methyl sites for hydroxylation is 1. The van der Waals surface area contributed by atoms with Gasteiger partial charge < -0.3 is 10.2 Å². The minimum absolute atomic E-state index is 0.0637. The fraction of sp³-hybridized carbons (Fsp3) is 0.389. The van der Waals surface area contributed by atoms with Crippen LogP contribution in [0.2, 0.25) is 0 Å². The highest BCUT2D eigenvalue weighted by atomic mass is 32.2. The van der Waals surface area contributed by atoms with Gasteiger partial charge in [-0.15, -0.1) is 0 Å². The van der Waals surface area contributed by atoms with E-state index in [1.807, 2.05) is 37.3 Å². The molecule has 2 aromatic rings. The third kappa shape index (κ3) is 4.37. The SMILES string of the molecule is Cc1nccc(-c2cccc(NC(=O)N(C)C3CCS(=O)(=O)CC3)c2)n1. The highest BCUT2D eigenvalue weighted by molar-refractivity contribution is 7.91. The van der Waals surface area contributed by atoms with Crippen LogP contribution in [0.25, 0.3) is 11.3 Å². The molecule has 8 heteroatoms. The number of amides is 2. The highest BCUT2D eigenvalue weighted by Crippen LogP contribution is 2.22. The number of aromatic nitrogens is 2. The van der Waals surface area contributed by atoms with E-state index in [0.717, 1.165) is 11.3 Å². The summed E-state index contributed by atoms with van der Waals surface area (Å²) in [7, 11) is -1.24. The number of carbonyl (C=O) groups excluding carboxylic acids is 1. The second-order valence-electron chi connectivity index (χ2n) is 6.49. The van der Waals surface area contributed by atoms with Crippen molar-refractivity contribution in [3.05, 3.63) is 42.4 Å². The molecule has 1 aromatic heterocycles. The number of benzene rings is 1. The lowest BCUT2D eigenvalue weighted by atomic mass is 10.1. The molecule has 0 spiro atoms. The third-order valence-electron chi connectivity index (χ3n) is 4.58. The van der Waals surface area contributed by atoms with E-state index in [-0.39, 0.29) is 23.6 Å². The smallest absolute Gasteiger partial charge is 0.321 e. The first-order chi connectivity index (χ1) is 12.3. The van der Waals surface area contributed by atoms with Crippen molar-refractivity contribution < 1.29 is 13.2 Å². The molecule has 2 heterocycles. The van der Waals surface area contributed by atoms with E-state index in [4.69, 9.17) is 0 Å². The molecule has 0 bridgehead atoms. The van der Waals surface area contributed by atoms with Crippen LogP contribution in [0.15, 0.2) is 36.5 Å². The molecular weight excluding hydrogens is 352 g/mol. The Labute approximate surface area is 153 Å². The van der Waals surface area contributed by atoms with Crippen molar-refractivity contribution in [2.24, 2.45) is 0 Å². The van der Waals surface area contributed by atoms with Gasteiger partial charge in [0.1, 0.15) is 15.7 Å². The quantitative estimate of drug-likeness (QED) is 0.891. The van der Waals surface area contributed by atoms with Crippen LogP contribution in [0, 0.1) is 6.92 Å². The van der Waals surface area contributed by atoms with Crippen molar-refractivity contribution in [3.8, 4) is 11.3 Å². The second kappa shape index (κ2) is 7.41. The molecule has 2 amide bonds. The zero-order valence-corrected chi connectivity index (χ0v) is 15.7. The Hall–Kier alpha value is -2.48. The molecular formula is C18H22N4O3S. The van der Waals surface area contributed by atoms with Crippen LogP contribution in [0.3, 0.4) is 0 Å². The van der Waals surface area contributed by atoms with Crippen LogP contribution in [0.5, 0.6) is 0 Å². The first-order valence-corrected chi connectivity index (χ1v) is 10.3. The average Bonchev–Trinajstić information content (AvgIpc) is 2.61. The maximum Gasteiger partial charge on any atom is 0.321 e. The summed E-state index contributed by atoms with van der Waals surface area (Å²) in [6.07, 6.45) is 2.66. The predicted molar refractivity (Wildman–Crippen MR) is 101 cm³/mol. The number of sulfone groups is 1. The molecule has 7 nitrogen and oxygen atoms in total. The number of nitrogens with zero attached hydrogens (tertiary/aromatic N) is 3. The molecule has 0 aliphatic carbocycles. The molecule has 3 rings (SSSR count). The van der Waals surface area contributed by atoms with Gasteiger partial charge in [-0.3, -0.25) is 0 Å². The number of anilines is 1. The Balaban J connectivity index is 1.69. The normalized spacial score (nSPS) is 16.8. The molecule has 0 radical (unpaired) electrons. The standard InChI is InChI=1S/C18H22N4O3S/c1-13-19-9-6-17(20-13)14-4-3-5-15(12-14)21-18(23)22(2)16-7-10-26(24,25)11-8-16/h3-6,9,12,16H,7-8,10-11H2,1-2H3,(H,21,23). The fourth-order valence-corrected chi connectivity index (χ4v) is 4.48. The number of rotatable bonds is 3. The van der Waals surface area contributed by atoms with Gasteiger partial charge in [0, 0.05) is 30.5 Å². The Bertz CT molecular complexity index is 900. The summed E-state index contributed by atoms with van der Waals surface area (Å²) in [4.78, 5) is 22.6. The van der Waals surface area contributed by atoms with Crippen molar-refractivity contribution in [2.75, 3.05) is 23.9 Å². The van der Waals surface area contributed by atoms with Crippen LogP contribution < -0.4 is 5.32 Å². The van der Waals surface area contributed by atoms with E-state index in [2.05, 4.69) is 15.3 Å². The molecule has 1 saturated heterocycles. The predicted octanol–water partition coefficient (Wildman–Crippen LogP) is 2.49. The molecule has 138 valence electrons. The van der Waals surface area contributed by atoms with Crippen molar-refractivity contribution in [1.29, 1.82) is 0 Å². The van der Waals surface area contributed by atoms with E-state index in [1.165, 1.54) is 0 Å². The lowest BCUT2D eigenvalue weighted by molar-refractivity contribution is 0.199. The molecule has 0 unspecified atom stereocenters. The van der Waals surface area contributed by atoms with Crippen LogP contribution >= 0.6 is 0 Å². The minimum Gasteiger partial charge on any atom is -0.325 e. The largest absolute Gasteiger partial charge is 0.325 e. The zero-order chi connectivity index (χ0) is 18.7. The molecule has 1 fully saturated rings. The van der Waals surface area contributed by atoms with Crippen molar-refractivity contribution in [3.63, 3.8) is 0 Å². The van der Waals surface area contributed by atoms with E-state index < -0.39 is 9.84 Å². The first-order valence-electron chi connectivity index (χ1n) is 8.48. The summed E-state index contributed by atoms with van der Waals surface area (Å²) in [6.45, 7) is 1.83. The van der Waals surface area contributed by atoms with Crippen LogP contribution in [0.1, 0.15) is 18.7 Å². The van der Waals surface area contributed by atoms with Gasteiger partial charge in [0.15, 0.2) is 0 Å². The van der Waals surface area contributed by atoms with Crippen LogP contribution in [-0.2, 0) is 9.84 Å². The van der Waals surface area contributed by atoms with Gasteiger partial charge in [-0.1, -0.05) is 12.1 Å². The molecule has 26 heavy (non-hydrogen) atoms. The van der Waals surface area contributed by atoms with Gasteiger partial charge >= 0.3 is 6.03 Å². The summed E-state index contributed by atoms with van der Waals surface area (Å²) in [5.41, 5.74) is 2.35. The highest BCUT2D eigenvalue weighted by Gasteiger charge is 2.28. The topological polar surface area (TPSA) is 92.3 Å². The number of nitrogens with one attached hydrogen (secondary N) is 1. The average molecular weight is 374 g/mol. The monoisotopic (exact) mass is 374 g/mol. The summed E-state index contributed by atoms with van der Waals surface area (Å²) in [6, 6.07) is 8.97. The Kier molecular flexibility index (Phi) is 5.22. The fourth-order valence-electron chi connectivity index (χ4n) is 3.02. The van der Waals surface area contributed by atoms with Crippen molar-refractivity contribution in [1.82, 2.24) is 14.9 Å². The van der Waals surface area contributed by atoms with Gasteiger partial charge in [0.05, 0.1) is 17.2 Å². The molecule has 1 N–H and O–H groups in total. The van der Waals surface area contributed by atoms with E-state index in [0.29, 0.717) is 24.4 Å². The Morgan fingerprint density at radius 2 is 1.96 bits per heavy atom. The third-order valence-corrected chi connectivity index (χ3v) is 6.29. The van der Waals surface area contributed by atoms with Gasteiger partial charge in [-0.25, -0.2) is 23.2 Å². The summed E-state index contributed by atoms with van der Waals surface area (Å²) in [5, 5.41) is 2.88. The molecule has 0 saturated carbocycles. The second-order valence-corrected chi connectivity index (χ2v) is 8.80. The van der Waals surface area contributed by atoms with Crippen LogP contribution in [0.4, 0.5) is 10.5 Å². The summed E-state index contributed by atoms with van der Waals surface area (Å²) >= 11 is 0. The lowest BCUT2D eigenvalue weighted by Gasteiger charge is -2.31. The van der Waals surface area contributed by atoms with Gasteiger partial charge in [0.2, 0.25) is 0 Å². The minimum atomic E-state index is -2.94. The number of urea groups is 1. The van der Waals surface area contributed by atoms with Crippen molar-refractivity contribution >= 4 is 21.6 Å². The number of carbonyl (C=O) groups is 1. The number of hydrogen-bond acceptors (Lipinski definition) is 5. The molecule has 1 aromatic carbocycles. The maximum absolute atomic E-state index is 12.5. The summed E-state index contributed by atoms with van der Waals surface area (Å²) in [5.74, 6) is 0.958. The number of hydrogen-bond donors (Lipinski definition) is 1. The van der Waals surface area contributed by atoms with Gasteiger partial charge in [-0.2, -0.15) is 0 Å². The molecule has 1 aliphatic heterocycles. The van der Waals surface area contributed by atoms with Gasteiger partial charge in [-0.05, 0) is 38.0 Å². The van der Waals surface area contributed by atoms with E-state index in [1.54, 1.807) is 18.1 Å². The van der Waals surface area contributed by atoms with E-state index >= 15 is 0 Å². The lowest BCUT2D eigenvalue weighted by Crippen LogP contribution is -2.44. The first kappa shape index (κ1) is 18.3.